The highest BCUT2D eigenvalue weighted by atomic mass is 31.1. The SMILES string of the molecule is CC(C)CP(CCC(=O)O)CN1CCN(C(C)(C)C)C1=O. The van der Waals surface area contributed by atoms with Crippen molar-refractivity contribution in [3.63, 3.8) is 0 Å². The summed E-state index contributed by atoms with van der Waals surface area (Å²) in [6.45, 7) is 12.0. The number of carboxylic acid groups (broad SMARTS) is 1. The Morgan fingerprint density at radius 2 is 1.95 bits per heavy atom. The van der Waals surface area contributed by atoms with Gasteiger partial charge in [0.15, 0.2) is 0 Å². The van der Waals surface area contributed by atoms with Crippen molar-refractivity contribution in [1.82, 2.24) is 9.80 Å². The molecule has 1 aliphatic rings. The summed E-state index contributed by atoms with van der Waals surface area (Å²) in [5.74, 6) is -0.198. The van der Waals surface area contributed by atoms with Crippen LogP contribution in [0.4, 0.5) is 4.79 Å². The highest BCUT2D eigenvalue weighted by Crippen LogP contribution is 2.40. The number of hydrogen-bond acceptors (Lipinski definition) is 2. The smallest absolute Gasteiger partial charge is 0.320 e. The van der Waals surface area contributed by atoms with Gasteiger partial charge in [0.1, 0.15) is 0 Å². The Kier molecular flexibility index (Phi) is 6.45. The zero-order valence-corrected chi connectivity index (χ0v) is 14.8. The van der Waals surface area contributed by atoms with Gasteiger partial charge in [-0.25, -0.2) is 4.79 Å². The van der Waals surface area contributed by atoms with Crippen molar-refractivity contribution < 1.29 is 14.7 Å². The van der Waals surface area contributed by atoms with Crippen molar-refractivity contribution in [3.05, 3.63) is 0 Å². The number of rotatable bonds is 7. The number of carbonyl (C=O) groups excluding carboxylic acids is 1. The van der Waals surface area contributed by atoms with Crippen molar-refractivity contribution in [2.45, 2.75) is 46.6 Å². The maximum absolute atomic E-state index is 12.5. The van der Waals surface area contributed by atoms with Gasteiger partial charge in [-0.1, -0.05) is 21.8 Å². The first-order chi connectivity index (χ1) is 9.61. The van der Waals surface area contributed by atoms with Gasteiger partial charge in [0.25, 0.3) is 0 Å². The predicted molar refractivity (Wildman–Crippen MR) is 87.2 cm³/mol. The van der Waals surface area contributed by atoms with E-state index in [0.717, 1.165) is 25.5 Å². The number of amides is 2. The van der Waals surface area contributed by atoms with E-state index in [2.05, 4.69) is 34.6 Å². The molecule has 0 saturated carbocycles. The minimum atomic E-state index is -0.740. The summed E-state index contributed by atoms with van der Waals surface area (Å²) < 4.78 is 0. The molecule has 0 aromatic heterocycles. The lowest BCUT2D eigenvalue weighted by molar-refractivity contribution is -0.136. The fourth-order valence-electron chi connectivity index (χ4n) is 2.57. The molecule has 1 fully saturated rings. The largest absolute Gasteiger partial charge is 0.481 e. The van der Waals surface area contributed by atoms with Crippen LogP contribution in [0.2, 0.25) is 0 Å². The van der Waals surface area contributed by atoms with E-state index < -0.39 is 13.9 Å². The second kappa shape index (κ2) is 7.44. The molecule has 1 atom stereocenters. The summed E-state index contributed by atoms with van der Waals surface area (Å²) in [4.78, 5) is 27.1. The van der Waals surface area contributed by atoms with Crippen LogP contribution in [0.25, 0.3) is 0 Å². The van der Waals surface area contributed by atoms with Crippen LogP contribution in [0.5, 0.6) is 0 Å². The molecule has 1 aliphatic heterocycles. The fourth-order valence-corrected chi connectivity index (χ4v) is 5.29. The monoisotopic (exact) mass is 316 g/mol. The first-order valence-corrected chi connectivity index (χ1v) is 9.51. The Labute approximate surface area is 129 Å². The lowest BCUT2D eigenvalue weighted by Gasteiger charge is -2.32. The number of urea groups is 1. The standard InChI is InChI=1S/C15H29N2O3P/c1-12(2)10-21(9-6-13(18)19)11-16-7-8-17(14(16)20)15(3,4)5/h12H,6-11H2,1-5H3,(H,18,19). The van der Waals surface area contributed by atoms with Gasteiger partial charge in [0, 0.05) is 31.3 Å². The summed E-state index contributed by atoms with van der Waals surface area (Å²) in [6.07, 6.45) is 2.69. The summed E-state index contributed by atoms with van der Waals surface area (Å²) in [7, 11) is -0.428. The van der Waals surface area contributed by atoms with E-state index in [1.807, 2.05) is 9.80 Å². The molecule has 5 nitrogen and oxygen atoms in total. The third-order valence-corrected chi connectivity index (χ3v) is 6.38. The second-order valence-electron chi connectivity index (χ2n) is 7.12. The maximum atomic E-state index is 12.5. The van der Waals surface area contributed by atoms with Crippen LogP contribution in [0.3, 0.4) is 0 Å². The quantitative estimate of drug-likeness (QED) is 0.734. The van der Waals surface area contributed by atoms with E-state index >= 15 is 0 Å². The van der Waals surface area contributed by atoms with Gasteiger partial charge in [-0.3, -0.25) is 4.79 Å². The van der Waals surface area contributed by atoms with Crippen molar-refractivity contribution in [2.24, 2.45) is 5.92 Å². The average molecular weight is 316 g/mol. The van der Waals surface area contributed by atoms with Crippen LogP contribution in [-0.4, -0.2) is 64.1 Å². The highest BCUT2D eigenvalue weighted by molar-refractivity contribution is 7.57. The van der Waals surface area contributed by atoms with Crippen LogP contribution in [0, 0.1) is 5.92 Å². The van der Waals surface area contributed by atoms with Gasteiger partial charge in [-0.05, 0) is 39.0 Å². The second-order valence-corrected chi connectivity index (χ2v) is 9.56. The fraction of sp³-hybridized carbons (Fsp3) is 0.867. The first kappa shape index (κ1) is 18.2. The Morgan fingerprint density at radius 3 is 2.38 bits per heavy atom. The molecule has 0 radical (unpaired) electrons. The lowest BCUT2D eigenvalue weighted by Crippen LogP contribution is -2.44. The van der Waals surface area contributed by atoms with Crippen LogP contribution >= 0.6 is 7.92 Å². The molecule has 6 heteroatoms. The summed E-state index contributed by atoms with van der Waals surface area (Å²) >= 11 is 0. The minimum absolute atomic E-state index is 0.106. The zero-order valence-electron chi connectivity index (χ0n) is 13.9. The Hall–Kier alpha value is -0.830. The van der Waals surface area contributed by atoms with E-state index in [-0.39, 0.29) is 18.0 Å². The molecule has 2 amide bonds. The summed E-state index contributed by atoms with van der Waals surface area (Å²) in [5.41, 5.74) is -0.145. The molecule has 21 heavy (non-hydrogen) atoms. The molecular formula is C15H29N2O3P. The molecule has 0 bridgehead atoms. The minimum Gasteiger partial charge on any atom is -0.481 e. The van der Waals surface area contributed by atoms with E-state index in [1.54, 1.807) is 0 Å². The number of hydrogen-bond donors (Lipinski definition) is 1. The van der Waals surface area contributed by atoms with Crippen LogP contribution in [0.15, 0.2) is 0 Å². The van der Waals surface area contributed by atoms with Crippen LogP contribution in [-0.2, 0) is 4.79 Å². The van der Waals surface area contributed by atoms with Crippen LogP contribution in [0.1, 0.15) is 41.0 Å². The predicted octanol–water partition coefficient (Wildman–Crippen LogP) is 3.09. The number of carbonyl (C=O) groups is 2. The number of aliphatic carboxylic acids is 1. The van der Waals surface area contributed by atoms with E-state index in [1.165, 1.54) is 0 Å². The molecule has 1 saturated heterocycles. The molecule has 1 heterocycles. The van der Waals surface area contributed by atoms with Crippen molar-refractivity contribution in [1.29, 1.82) is 0 Å². The molecule has 0 spiro atoms. The molecule has 122 valence electrons. The number of nitrogens with zero attached hydrogens (tertiary/aromatic N) is 2. The third-order valence-electron chi connectivity index (χ3n) is 3.54. The Bertz CT molecular complexity index is 380. The average Bonchev–Trinajstić information content (AvgIpc) is 2.67. The van der Waals surface area contributed by atoms with E-state index in [9.17, 15) is 9.59 Å². The summed E-state index contributed by atoms with van der Waals surface area (Å²) in [5, 5.41) is 8.88. The molecule has 1 N–H and O–H groups in total. The molecule has 1 unspecified atom stereocenters. The third kappa shape index (κ3) is 5.82. The van der Waals surface area contributed by atoms with E-state index in [4.69, 9.17) is 5.11 Å². The molecular weight excluding hydrogens is 287 g/mol. The molecule has 1 rings (SSSR count). The first-order valence-electron chi connectivity index (χ1n) is 7.62. The molecule has 0 aromatic carbocycles. The van der Waals surface area contributed by atoms with Crippen molar-refractivity contribution in [3.8, 4) is 0 Å². The van der Waals surface area contributed by atoms with Gasteiger partial charge in [-0.15, -0.1) is 0 Å². The van der Waals surface area contributed by atoms with Gasteiger partial charge >= 0.3 is 12.0 Å². The Balaban J connectivity index is 2.62. The van der Waals surface area contributed by atoms with Gasteiger partial charge in [0.05, 0.1) is 0 Å². The van der Waals surface area contributed by atoms with Gasteiger partial charge in [-0.2, -0.15) is 0 Å². The lowest BCUT2D eigenvalue weighted by atomic mass is 10.1. The van der Waals surface area contributed by atoms with Crippen LogP contribution < -0.4 is 0 Å². The molecule has 0 aliphatic carbocycles. The van der Waals surface area contributed by atoms with Crippen molar-refractivity contribution in [2.75, 3.05) is 31.7 Å². The van der Waals surface area contributed by atoms with E-state index in [0.29, 0.717) is 12.1 Å². The Morgan fingerprint density at radius 1 is 1.33 bits per heavy atom. The maximum Gasteiger partial charge on any atom is 0.320 e. The number of carboxylic acids is 1. The molecule has 0 aromatic rings. The topological polar surface area (TPSA) is 60.9 Å². The zero-order chi connectivity index (χ0) is 16.2. The van der Waals surface area contributed by atoms with Gasteiger partial charge < -0.3 is 14.9 Å². The van der Waals surface area contributed by atoms with Gasteiger partial charge in [0.2, 0.25) is 0 Å². The normalized spacial score (nSPS) is 17.7. The highest BCUT2D eigenvalue weighted by Gasteiger charge is 2.36. The summed E-state index contributed by atoms with van der Waals surface area (Å²) in [6, 6.07) is 0.106. The van der Waals surface area contributed by atoms with Crippen molar-refractivity contribution >= 4 is 19.9 Å².